The van der Waals surface area contributed by atoms with Gasteiger partial charge < -0.3 is 4.90 Å². The number of halogens is 2. The van der Waals surface area contributed by atoms with Crippen molar-refractivity contribution in [2.24, 2.45) is 0 Å². The Morgan fingerprint density at radius 3 is 2.90 bits per heavy atom. The molecule has 0 aromatic rings. The first-order valence-electron chi connectivity index (χ1n) is 6.57. The second-order valence-corrected chi connectivity index (χ2v) is 4.40. The molecule has 3 heteroatoms. The van der Waals surface area contributed by atoms with Gasteiger partial charge in [-0.15, -0.1) is 17.0 Å². The van der Waals surface area contributed by atoms with Crippen LogP contribution in [0.25, 0.3) is 0 Å². The van der Waals surface area contributed by atoms with E-state index in [0.29, 0.717) is 6.54 Å². The van der Waals surface area contributed by atoms with E-state index >= 15 is 0 Å². The molecule has 1 aliphatic rings. The predicted octanol–water partition coefficient (Wildman–Crippen LogP) is 4.92. The van der Waals surface area contributed by atoms with Crippen molar-refractivity contribution in [2.75, 3.05) is 19.8 Å². The third kappa shape index (κ3) is 7.29. The molecule has 1 aliphatic carbocycles. The molecule has 0 unspecified atom stereocenters. The van der Waals surface area contributed by atoms with Crippen LogP contribution in [0.5, 0.6) is 0 Å². The molecule has 0 saturated heterocycles. The van der Waals surface area contributed by atoms with Gasteiger partial charge in [0.1, 0.15) is 6.67 Å². The fourth-order valence-corrected chi connectivity index (χ4v) is 1.86. The van der Waals surface area contributed by atoms with Gasteiger partial charge in [-0.1, -0.05) is 60.8 Å². The Bertz CT molecular complexity index is 430. The van der Waals surface area contributed by atoms with E-state index in [2.05, 4.69) is 30.6 Å². The van der Waals surface area contributed by atoms with Crippen LogP contribution in [-0.4, -0.2) is 24.7 Å². The third-order valence-electron chi connectivity index (χ3n) is 2.77. The summed E-state index contributed by atoms with van der Waals surface area (Å²) in [6, 6.07) is 0. The maximum Gasteiger partial charge on any atom is 0.107 e. The van der Waals surface area contributed by atoms with E-state index in [1.165, 1.54) is 5.57 Å². The molecule has 0 aliphatic heterocycles. The number of hydrogen-bond donors (Lipinski definition) is 0. The smallest absolute Gasteiger partial charge is 0.107 e. The number of alkyl halides is 1. The van der Waals surface area contributed by atoms with Gasteiger partial charge in [0, 0.05) is 18.8 Å². The molecule has 110 valence electrons. The molecule has 1 nitrogen and oxygen atoms in total. The van der Waals surface area contributed by atoms with E-state index in [0.717, 1.165) is 18.7 Å². The quantitative estimate of drug-likeness (QED) is 0.594. The van der Waals surface area contributed by atoms with Crippen LogP contribution in [0.3, 0.4) is 0 Å². The van der Waals surface area contributed by atoms with Crippen LogP contribution in [-0.2, 0) is 0 Å². The van der Waals surface area contributed by atoms with Gasteiger partial charge in [0.2, 0.25) is 0 Å². The van der Waals surface area contributed by atoms with Crippen LogP contribution in [0, 0.1) is 0 Å². The minimum absolute atomic E-state index is 0. The topological polar surface area (TPSA) is 3.24 Å². The lowest BCUT2D eigenvalue weighted by Crippen LogP contribution is -2.26. The summed E-state index contributed by atoms with van der Waals surface area (Å²) in [5.74, 6) is 0. The first-order valence-corrected chi connectivity index (χ1v) is 6.57. The van der Waals surface area contributed by atoms with Crippen molar-refractivity contribution in [3.8, 4) is 0 Å². The van der Waals surface area contributed by atoms with Crippen LogP contribution >= 0.6 is 17.0 Å². The summed E-state index contributed by atoms with van der Waals surface area (Å²) in [6.45, 7) is 6.51. The average Bonchev–Trinajstić information content (AvgIpc) is 2.67. The zero-order valence-electron chi connectivity index (χ0n) is 12.0. The zero-order chi connectivity index (χ0) is 13.9. The number of allylic oxidation sites excluding steroid dienone is 9. The van der Waals surface area contributed by atoms with Gasteiger partial charge in [-0.25, -0.2) is 4.39 Å². The van der Waals surface area contributed by atoms with Crippen molar-refractivity contribution in [1.29, 1.82) is 0 Å². The lowest BCUT2D eigenvalue weighted by molar-refractivity contribution is 0.328. The highest BCUT2D eigenvalue weighted by atomic mass is 79.9. The monoisotopic (exact) mass is 339 g/mol. The summed E-state index contributed by atoms with van der Waals surface area (Å²) in [4.78, 5) is 2.07. The van der Waals surface area contributed by atoms with Gasteiger partial charge in [-0.05, 0) is 19.4 Å². The Morgan fingerprint density at radius 1 is 1.40 bits per heavy atom. The molecule has 0 amide bonds. The second-order valence-electron chi connectivity index (χ2n) is 4.40. The summed E-state index contributed by atoms with van der Waals surface area (Å²) in [5, 5.41) is 0. The van der Waals surface area contributed by atoms with Crippen molar-refractivity contribution >= 4 is 17.0 Å². The van der Waals surface area contributed by atoms with Gasteiger partial charge in [0.25, 0.3) is 0 Å². The summed E-state index contributed by atoms with van der Waals surface area (Å²) in [6.07, 6.45) is 18.8. The molecule has 0 bridgehead atoms. The zero-order valence-corrected chi connectivity index (χ0v) is 13.7. The molecular formula is C17H23BrFN. The average molecular weight is 340 g/mol. The van der Waals surface area contributed by atoms with Crippen LogP contribution in [0.4, 0.5) is 4.39 Å². The fraction of sp³-hybridized carbons (Fsp3) is 0.294. The Kier molecular flexibility index (Phi) is 10.7. The molecule has 0 aromatic heterocycles. The highest BCUT2D eigenvalue weighted by molar-refractivity contribution is 8.93. The van der Waals surface area contributed by atoms with E-state index < -0.39 is 0 Å². The standard InChI is InChI=1S/C17H22FN.BrH/c1-3-4-7-10-16(2)15-19(14-13-18)17-11-8-5-6-9-12-17;/h3-8,10-12H,1,9,13-15H2,2H3;1H/b7-4-,16-10+;. The maximum absolute atomic E-state index is 12.7. The van der Waals surface area contributed by atoms with Crippen molar-refractivity contribution in [3.05, 3.63) is 72.5 Å². The first kappa shape index (κ1) is 18.7. The molecule has 1 rings (SSSR count). The lowest BCUT2D eigenvalue weighted by Gasteiger charge is -2.25. The number of hydrogen-bond acceptors (Lipinski definition) is 1. The Morgan fingerprint density at radius 2 is 2.20 bits per heavy atom. The summed E-state index contributed by atoms with van der Waals surface area (Å²) in [7, 11) is 0. The van der Waals surface area contributed by atoms with Gasteiger partial charge in [0.15, 0.2) is 0 Å². The molecule has 0 radical (unpaired) electrons. The van der Waals surface area contributed by atoms with Gasteiger partial charge in [-0.3, -0.25) is 0 Å². The molecule has 0 heterocycles. The van der Waals surface area contributed by atoms with E-state index in [4.69, 9.17) is 0 Å². The van der Waals surface area contributed by atoms with Crippen LogP contribution < -0.4 is 0 Å². The maximum atomic E-state index is 12.7. The molecule has 0 N–H and O–H groups in total. The van der Waals surface area contributed by atoms with E-state index in [-0.39, 0.29) is 23.7 Å². The summed E-state index contributed by atoms with van der Waals surface area (Å²) < 4.78 is 12.7. The summed E-state index contributed by atoms with van der Waals surface area (Å²) >= 11 is 0. The minimum Gasteiger partial charge on any atom is -0.365 e. The molecular weight excluding hydrogens is 317 g/mol. The fourth-order valence-electron chi connectivity index (χ4n) is 1.86. The predicted molar refractivity (Wildman–Crippen MR) is 91.9 cm³/mol. The lowest BCUT2D eigenvalue weighted by atomic mass is 10.2. The molecule has 0 atom stereocenters. The third-order valence-corrected chi connectivity index (χ3v) is 2.77. The van der Waals surface area contributed by atoms with Gasteiger partial charge in [-0.2, -0.15) is 0 Å². The highest BCUT2D eigenvalue weighted by Gasteiger charge is 2.07. The minimum atomic E-state index is -0.339. The normalized spacial score (nSPS) is 14.7. The second kappa shape index (κ2) is 11.5. The molecule has 0 saturated carbocycles. The van der Waals surface area contributed by atoms with Crippen molar-refractivity contribution in [1.82, 2.24) is 4.90 Å². The Hall–Kier alpha value is -1.35. The van der Waals surface area contributed by atoms with Gasteiger partial charge >= 0.3 is 0 Å². The Labute approximate surface area is 132 Å². The number of nitrogens with zero attached hydrogens (tertiary/aromatic N) is 1. The van der Waals surface area contributed by atoms with E-state index in [1.54, 1.807) is 6.08 Å². The first-order chi connectivity index (χ1) is 9.27. The van der Waals surface area contributed by atoms with Crippen LogP contribution in [0.15, 0.2) is 72.5 Å². The molecule has 20 heavy (non-hydrogen) atoms. The van der Waals surface area contributed by atoms with Crippen molar-refractivity contribution in [2.45, 2.75) is 13.3 Å². The molecule has 0 aromatic carbocycles. The van der Waals surface area contributed by atoms with Crippen molar-refractivity contribution in [3.63, 3.8) is 0 Å². The van der Waals surface area contributed by atoms with Crippen molar-refractivity contribution < 1.29 is 4.39 Å². The highest BCUT2D eigenvalue weighted by Crippen LogP contribution is 2.13. The van der Waals surface area contributed by atoms with E-state index in [9.17, 15) is 4.39 Å². The molecule has 0 spiro atoms. The molecule has 0 fully saturated rings. The SMILES string of the molecule is Br.C=C/C=C\C=C(/C)CN(CCF)C1=CCC=CC=C1. The summed E-state index contributed by atoms with van der Waals surface area (Å²) in [5.41, 5.74) is 2.28. The Balaban J connectivity index is 0.00000361. The van der Waals surface area contributed by atoms with E-state index in [1.807, 2.05) is 36.5 Å². The largest absolute Gasteiger partial charge is 0.365 e. The van der Waals surface area contributed by atoms with Crippen LogP contribution in [0.1, 0.15) is 13.3 Å². The number of rotatable bonds is 7. The van der Waals surface area contributed by atoms with Gasteiger partial charge in [0.05, 0.1) is 0 Å². The van der Waals surface area contributed by atoms with Crippen LogP contribution in [0.2, 0.25) is 0 Å².